The first-order valence-corrected chi connectivity index (χ1v) is 7.13. The monoisotopic (exact) mass is 288 g/mol. The minimum Gasteiger partial charge on any atom is -0.316 e. The van der Waals surface area contributed by atoms with Crippen molar-refractivity contribution in [2.75, 3.05) is 32.7 Å². The lowest BCUT2D eigenvalue weighted by Gasteiger charge is -2.32. The molecule has 1 aliphatic heterocycles. The summed E-state index contributed by atoms with van der Waals surface area (Å²) in [6.07, 6.45) is 2.70. The minimum absolute atomic E-state index is 0.752. The molecule has 1 heterocycles. The van der Waals surface area contributed by atoms with Crippen LogP contribution in [0.4, 0.5) is 0 Å². The quantitative estimate of drug-likeness (QED) is 0.809. The number of hydrogen-bond donors (Lipinski definition) is 1. The van der Waals surface area contributed by atoms with Crippen molar-refractivity contribution in [2.45, 2.75) is 26.7 Å². The maximum Gasteiger partial charge on any atom is 0.0294 e. The van der Waals surface area contributed by atoms with Gasteiger partial charge in [0.15, 0.2) is 0 Å². The summed E-state index contributed by atoms with van der Waals surface area (Å²) in [5.74, 6) is 1.57. The van der Waals surface area contributed by atoms with E-state index in [1.807, 2.05) is 0 Å². The van der Waals surface area contributed by atoms with Crippen molar-refractivity contribution in [3.8, 4) is 0 Å². The summed E-state index contributed by atoms with van der Waals surface area (Å²) in [6, 6.07) is 0. The fourth-order valence-electron chi connectivity index (χ4n) is 2.28. The molecule has 1 atom stereocenters. The number of likely N-dealkylation sites (tertiary alicyclic amines) is 1. The standard InChI is InChI=1S/C13H25BrN2/c1-11(2)7-15-8-13-5-4-6-16(10-13)9-12(3)14/h11,13,15H,3-10H2,1-2H3. The second-order valence-electron chi connectivity index (χ2n) is 5.31. The van der Waals surface area contributed by atoms with Gasteiger partial charge in [0, 0.05) is 17.6 Å². The molecule has 1 N–H and O–H groups in total. The smallest absolute Gasteiger partial charge is 0.0294 e. The van der Waals surface area contributed by atoms with Gasteiger partial charge in [0.2, 0.25) is 0 Å². The van der Waals surface area contributed by atoms with Gasteiger partial charge in [-0.3, -0.25) is 4.90 Å². The molecule has 0 aromatic carbocycles. The highest BCUT2D eigenvalue weighted by Crippen LogP contribution is 2.17. The largest absolute Gasteiger partial charge is 0.316 e. The third-order valence-electron chi connectivity index (χ3n) is 2.98. The lowest BCUT2D eigenvalue weighted by molar-refractivity contribution is 0.187. The van der Waals surface area contributed by atoms with E-state index in [9.17, 15) is 0 Å². The third-order valence-corrected chi connectivity index (χ3v) is 3.23. The van der Waals surface area contributed by atoms with Crippen molar-refractivity contribution < 1.29 is 0 Å². The highest BCUT2D eigenvalue weighted by Gasteiger charge is 2.19. The molecule has 1 saturated heterocycles. The molecule has 0 aliphatic carbocycles. The van der Waals surface area contributed by atoms with E-state index in [0.717, 1.165) is 29.4 Å². The number of rotatable bonds is 6. The van der Waals surface area contributed by atoms with Crippen LogP contribution in [-0.2, 0) is 0 Å². The van der Waals surface area contributed by atoms with Gasteiger partial charge in [-0.15, -0.1) is 0 Å². The van der Waals surface area contributed by atoms with Crippen molar-refractivity contribution in [3.63, 3.8) is 0 Å². The molecule has 1 aliphatic rings. The molecule has 0 amide bonds. The van der Waals surface area contributed by atoms with E-state index in [4.69, 9.17) is 0 Å². The predicted octanol–water partition coefficient (Wildman–Crippen LogP) is 2.85. The van der Waals surface area contributed by atoms with Gasteiger partial charge < -0.3 is 5.32 Å². The van der Waals surface area contributed by atoms with Crippen LogP contribution in [0.15, 0.2) is 11.1 Å². The zero-order valence-electron chi connectivity index (χ0n) is 10.6. The molecule has 0 radical (unpaired) electrons. The number of piperidine rings is 1. The lowest BCUT2D eigenvalue weighted by atomic mass is 9.98. The molecule has 94 valence electrons. The molecule has 0 bridgehead atoms. The molecule has 0 aromatic rings. The van der Waals surface area contributed by atoms with Gasteiger partial charge >= 0.3 is 0 Å². The van der Waals surface area contributed by atoms with Crippen molar-refractivity contribution >= 4 is 15.9 Å². The van der Waals surface area contributed by atoms with Crippen LogP contribution < -0.4 is 5.32 Å². The highest BCUT2D eigenvalue weighted by molar-refractivity contribution is 9.11. The van der Waals surface area contributed by atoms with Gasteiger partial charge in [-0.1, -0.05) is 36.4 Å². The van der Waals surface area contributed by atoms with Crippen LogP contribution in [-0.4, -0.2) is 37.6 Å². The zero-order chi connectivity index (χ0) is 12.0. The van der Waals surface area contributed by atoms with Gasteiger partial charge in [0.05, 0.1) is 0 Å². The third kappa shape index (κ3) is 6.02. The Morgan fingerprint density at radius 1 is 1.56 bits per heavy atom. The zero-order valence-corrected chi connectivity index (χ0v) is 12.2. The molecular weight excluding hydrogens is 264 g/mol. The second kappa shape index (κ2) is 7.46. The Bertz CT molecular complexity index is 216. The maximum absolute atomic E-state index is 3.92. The van der Waals surface area contributed by atoms with Crippen LogP contribution >= 0.6 is 15.9 Å². The van der Waals surface area contributed by atoms with E-state index in [1.165, 1.54) is 32.5 Å². The summed E-state index contributed by atoms with van der Waals surface area (Å²) >= 11 is 3.45. The average molecular weight is 289 g/mol. The van der Waals surface area contributed by atoms with E-state index >= 15 is 0 Å². The Kier molecular flexibility index (Phi) is 6.62. The van der Waals surface area contributed by atoms with E-state index in [1.54, 1.807) is 0 Å². The first kappa shape index (κ1) is 14.2. The van der Waals surface area contributed by atoms with Crippen LogP contribution in [0.1, 0.15) is 26.7 Å². The van der Waals surface area contributed by atoms with Crippen LogP contribution in [0.2, 0.25) is 0 Å². The van der Waals surface area contributed by atoms with Gasteiger partial charge in [-0.2, -0.15) is 0 Å². The van der Waals surface area contributed by atoms with E-state index in [0.29, 0.717) is 0 Å². The predicted molar refractivity (Wildman–Crippen MR) is 74.9 cm³/mol. The second-order valence-corrected chi connectivity index (χ2v) is 6.43. The fourth-order valence-corrected chi connectivity index (χ4v) is 2.63. The summed E-state index contributed by atoms with van der Waals surface area (Å²) < 4.78 is 1.10. The molecule has 1 fully saturated rings. The van der Waals surface area contributed by atoms with E-state index in [-0.39, 0.29) is 0 Å². The Balaban J connectivity index is 2.19. The average Bonchev–Trinajstić information content (AvgIpc) is 2.16. The van der Waals surface area contributed by atoms with Crippen molar-refractivity contribution in [1.82, 2.24) is 10.2 Å². The Hall–Kier alpha value is 0.140. The minimum atomic E-state index is 0.752. The van der Waals surface area contributed by atoms with Crippen molar-refractivity contribution in [1.29, 1.82) is 0 Å². The van der Waals surface area contributed by atoms with Gasteiger partial charge in [-0.25, -0.2) is 0 Å². The Labute approximate surface area is 109 Å². The van der Waals surface area contributed by atoms with Crippen LogP contribution in [0.5, 0.6) is 0 Å². The fraction of sp³-hybridized carbons (Fsp3) is 0.846. The topological polar surface area (TPSA) is 15.3 Å². The van der Waals surface area contributed by atoms with Gasteiger partial charge in [0.1, 0.15) is 0 Å². The summed E-state index contributed by atoms with van der Waals surface area (Å²) in [6.45, 7) is 14.2. The molecule has 1 rings (SSSR count). The molecular formula is C13H25BrN2. The van der Waals surface area contributed by atoms with Gasteiger partial charge in [0.25, 0.3) is 0 Å². The van der Waals surface area contributed by atoms with Gasteiger partial charge in [-0.05, 0) is 44.3 Å². The lowest BCUT2D eigenvalue weighted by Crippen LogP contribution is -2.40. The van der Waals surface area contributed by atoms with E-state index < -0.39 is 0 Å². The van der Waals surface area contributed by atoms with Crippen molar-refractivity contribution in [2.24, 2.45) is 11.8 Å². The molecule has 2 nitrogen and oxygen atoms in total. The molecule has 1 unspecified atom stereocenters. The molecule has 0 aromatic heterocycles. The first-order valence-electron chi connectivity index (χ1n) is 6.34. The Morgan fingerprint density at radius 3 is 2.94 bits per heavy atom. The summed E-state index contributed by atoms with van der Waals surface area (Å²) in [5, 5.41) is 3.57. The molecule has 3 heteroatoms. The number of hydrogen-bond acceptors (Lipinski definition) is 2. The summed E-state index contributed by atoms with van der Waals surface area (Å²) in [7, 11) is 0. The molecule has 16 heavy (non-hydrogen) atoms. The van der Waals surface area contributed by atoms with Crippen LogP contribution in [0, 0.1) is 11.8 Å². The van der Waals surface area contributed by atoms with Crippen molar-refractivity contribution in [3.05, 3.63) is 11.1 Å². The number of nitrogens with zero attached hydrogens (tertiary/aromatic N) is 1. The molecule has 0 spiro atoms. The van der Waals surface area contributed by atoms with Crippen LogP contribution in [0.25, 0.3) is 0 Å². The number of halogens is 1. The highest BCUT2D eigenvalue weighted by atomic mass is 79.9. The summed E-state index contributed by atoms with van der Waals surface area (Å²) in [4.78, 5) is 2.50. The molecule has 0 saturated carbocycles. The summed E-state index contributed by atoms with van der Waals surface area (Å²) in [5.41, 5.74) is 0. The SMILES string of the molecule is C=C(Br)CN1CCCC(CNCC(C)C)C1. The number of nitrogens with one attached hydrogen (secondary N) is 1. The Morgan fingerprint density at radius 2 is 2.31 bits per heavy atom. The maximum atomic E-state index is 3.92. The van der Waals surface area contributed by atoms with Crippen LogP contribution in [0.3, 0.4) is 0 Å². The normalized spacial score (nSPS) is 22.6. The van der Waals surface area contributed by atoms with E-state index in [2.05, 4.69) is 46.6 Å². The first-order chi connectivity index (χ1) is 7.58.